The van der Waals surface area contributed by atoms with E-state index < -0.39 is 0 Å². The van der Waals surface area contributed by atoms with Gasteiger partial charge >= 0.3 is 0 Å². The van der Waals surface area contributed by atoms with Crippen molar-refractivity contribution >= 4 is 0 Å². The fourth-order valence-electron chi connectivity index (χ4n) is 2.18. The fourth-order valence-corrected chi connectivity index (χ4v) is 2.18. The minimum Gasteiger partial charge on any atom is -0.310 e. The van der Waals surface area contributed by atoms with Crippen molar-refractivity contribution in [1.82, 2.24) is 20.1 Å². The Balaban J connectivity index is 1.87. The molecule has 18 heavy (non-hydrogen) atoms. The highest BCUT2D eigenvalue weighted by Crippen LogP contribution is 2.16. The van der Waals surface area contributed by atoms with Crippen LogP contribution in [0.1, 0.15) is 30.3 Å². The van der Waals surface area contributed by atoms with Gasteiger partial charge in [0.1, 0.15) is 12.2 Å². The van der Waals surface area contributed by atoms with Crippen LogP contribution in [0, 0.1) is 0 Å². The van der Waals surface area contributed by atoms with E-state index in [0.29, 0.717) is 0 Å². The lowest BCUT2D eigenvalue weighted by molar-refractivity contribution is 0.479. The van der Waals surface area contributed by atoms with Crippen molar-refractivity contribution < 1.29 is 0 Å². The van der Waals surface area contributed by atoms with Crippen LogP contribution in [0.3, 0.4) is 0 Å². The molecule has 1 aromatic heterocycles. The van der Waals surface area contributed by atoms with Gasteiger partial charge in [-0.1, -0.05) is 30.3 Å². The molecule has 0 radical (unpaired) electrons. The molecule has 0 spiro atoms. The summed E-state index contributed by atoms with van der Waals surface area (Å²) in [5.41, 5.74) is 1.39. The third-order valence-electron chi connectivity index (χ3n) is 3.21. The average molecular weight is 244 g/mol. The molecule has 1 heterocycles. The third-order valence-corrected chi connectivity index (χ3v) is 3.21. The van der Waals surface area contributed by atoms with Crippen LogP contribution >= 0.6 is 0 Å². The average Bonchev–Trinajstić information content (AvgIpc) is 2.82. The number of nitrogens with zero attached hydrogens (tertiary/aromatic N) is 3. The number of benzene rings is 1. The van der Waals surface area contributed by atoms with Crippen molar-refractivity contribution in [3.63, 3.8) is 0 Å². The van der Waals surface area contributed by atoms with E-state index in [1.54, 1.807) is 6.33 Å². The van der Waals surface area contributed by atoms with Crippen molar-refractivity contribution in [1.29, 1.82) is 0 Å². The maximum absolute atomic E-state index is 4.30. The zero-order valence-corrected chi connectivity index (χ0v) is 11.0. The first-order valence-corrected chi connectivity index (χ1v) is 6.36. The van der Waals surface area contributed by atoms with Crippen LogP contribution in [0.15, 0.2) is 36.7 Å². The van der Waals surface area contributed by atoms with Crippen LogP contribution in [-0.4, -0.2) is 21.8 Å². The van der Waals surface area contributed by atoms with E-state index in [4.69, 9.17) is 0 Å². The summed E-state index contributed by atoms with van der Waals surface area (Å²) in [6.45, 7) is 0. The van der Waals surface area contributed by atoms with Gasteiger partial charge in [-0.25, -0.2) is 4.98 Å². The molecule has 1 unspecified atom stereocenters. The Labute approximate surface area is 108 Å². The number of hydrogen-bond donors (Lipinski definition) is 1. The first kappa shape index (κ1) is 12.8. The van der Waals surface area contributed by atoms with Gasteiger partial charge in [-0.05, 0) is 31.9 Å². The minimum absolute atomic E-state index is 0.279. The van der Waals surface area contributed by atoms with E-state index in [1.165, 1.54) is 5.56 Å². The molecule has 0 aliphatic heterocycles. The molecule has 1 aromatic carbocycles. The first-order chi connectivity index (χ1) is 8.81. The van der Waals surface area contributed by atoms with Gasteiger partial charge in [0, 0.05) is 7.05 Å². The normalized spacial score (nSPS) is 12.6. The van der Waals surface area contributed by atoms with Gasteiger partial charge in [0.15, 0.2) is 0 Å². The Morgan fingerprint density at radius 2 is 2.06 bits per heavy atom. The molecule has 0 aliphatic rings. The fraction of sp³-hybridized carbons (Fsp3) is 0.429. The van der Waals surface area contributed by atoms with Gasteiger partial charge in [-0.2, -0.15) is 5.10 Å². The summed E-state index contributed by atoms with van der Waals surface area (Å²) in [6, 6.07) is 10.9. The van der Waals surface area contributed by atoms with Gasteiger partial charge in [-0.3, -0.25) is 4.68 Å². The van der Waals surface area contributed by atoms with Crippen LogP contribution in [0.4, 0.5) is 0 Å². The summed E-state index contributed by atoms with van der Waals surface area (Å²) in [5.74, 6) is 1.01. The molecule has 1 atom stereocenters. The van der Waals surface area contributed by atoms with E-state index in [0.717, 1.165) is 25.1 Å². The maximum atomic E-state index is 4.30. The highest BCUT2D eigenvalue weighted by Gasteiger charge is 2.13. The number of rotatable bonds is 6. The highest BCUT2D eigenvalue weighted by molar-refractivity contribution is 5.14. The van der Waals surface area contributed by atoms with Crippen molar-refractivity contribution in [2.24, 2.45) is 7.05 Å². The lowest BCUT2D eigenvalue weighted by atomic mass is 10.0. The Hall–Kier alpha value is -1.68. The SMILES string of the molecule is CNC(CCCc1ccccc1)c1ncnn1C. The van der Waals surface area contributed by atoms with E-state index in [-0.39, 0.29) is 6.04 Å². The minimum atomic E-state index is 0.279. The molecule has 0 amide bonds. The summed E-state index contributed by atoms with van der Waals surface area (Å²) in [6.07, 6.45) is 4.92. The maximum Gasteiger partial charge on any atom is 0.143 e. The van der Waals surface area contributed by atoms with Gasteiger partial charge in [-0.15, -0.1) is 0 Å². The van der Waals surface area contributed by atoms with E-state index >= 15 is 0 Å². The largest absolute Gasteiger partial charge is 0.310 e. The Morgan fingerprint density at radius 1 is 1.28 bits per heavy atom. The molecule has 0 saturated heterocycles. The Morgan fingerprint density at radius 3 is 2.67 bits per heavy atom. The van der Waals surface area contributed by atoms with Crippen LogP contribution in [0.25, 0.3) is 0 Å². The van der Waals surface area contributed by atoms with E-state index in [9.17, 15) is 0 Å². The number of aryl methyl sites for hydroxylation is 2. The van der Waals surface area contributed by atoms with Gasteiger partial charge in [0.2, 0.25) is 0 Å². The molecule has 1 N–H and O–H groups in total. The summed E-state index contributed by atoms with van der Waals surface area (Å²) in [4.78, 5) is 4.30. The molecule has 0 bridgehead atoms. The summed E-state index contributed by atoms with van der Waals surface area (Å²) < 4.78 is 1.84. The molecule has 2 rings (SSSR count). The quantitative estimate of drug-likeness (QED) is 0.846. The smallest absolute Gasteiger partial charge is 0.143 e. The predicted molar refractivity (Wildman–Crippen MR) is 72.2 cm³/mol. The molecular weight excluding hydrogens is 224 g/mol. The van der Waals surface area contributed by atoms with Gasteiger partial charge in [0.05, 0.1) is 6.04 Å². The second-order valence-corrected chi connectivity index (χ2v) is 4.46. The van der Waals surface area contributed by atoms with Gasteiger partial charge < -0.3 is 5.32 Å². The van der Waals surface area contributed by atoms with Crippen LogP contribution < -0.4 is 5.32 Å². The summed E-state index contributed by atoms with van der Waals surface area (Å²) >= 11 is 0. The zero-order chi connectivity index (χ0) is 12.8. The van der Waals surface area contributed by atoms with Crippen molar-refractivity contribution in [2.45, 2.75) is 25.3 Å². The third kappa shape index (κ3) is 3.17. The molecule has 0 fully saturated rings. The predicted octanol–water partition coefficient (Wildman–Crippen LogP) is 2.10. The van der Waals surface area contributed by atoms with Crippen molar-refractivity contribution in [3.05, 3.63) is 48.0 Å². The molecular formula is C14H20N4. The van der Waals surface area contributed by atoms with Crippen LogP contribution in [-0.2, 0) is 13.5 Å². The molecule has 4 nitrogen and oxygen atoms in total. The van der Waals surface area contributed by atoms with E-state index in [1.807, 2.05) is 18.8 Å². The van der Waals surface area contributed by atoms with Crippen LogP contribution in [0.5, 0.6) is 0 Å². The standard InChI is InChI=1S/C14H20N4/c1-15-13(14-16-11-17-18(14)2)10-6-9-12-7-4-3-5-8-12/h3-5,7-8,11,13,15H,6,9-10H2,1-2H3. The molecule has 0 saturated carbocycles. The van der Waals surface area contributed by atoms with Crippen LogP contribution in [0.2, 0.25) is 0 Å². The second-order valence-electron chi connectivity index (χ2n) is 4.46. The monoisotopic (exact) mass is 244 g/mol. The van der Waals surface area contributed by atoms with Crippen molar-refractivity contribution in [3.8, 4) is 0 Å². The second kappa shape index (κ2) is 6.31. The lowest BCUT2D eigenvalue weighted by Crippen LogP contribution is -2.20. The highest BCUT2D eigenvalue weighted by atomic mass is 15.3. The van der Waals surface area contributed by atoms with Gasteiger partial charge in [0.25, 0.3) is 0 Å². The topological polar surface area (TPSA) is 42.7 Å². The number of aromatic nitrogens is 3. The lowest BCUT2D eigenvalue weighted by Gasteiger charge is -2.14. The molecule has 4 heteroatoms. The molecule has 2 aromatic rings. The first-order valence-electron chi connectivity index (χ1n) is 6.36. The Kier molecular flexibility index (Phi) is 4.47. The zero-order valence-electron chi connectivity index (χ0n) is 11.0. The number of hydrogen-bond acceptors (Lipinski definition) is 3. The number of nitrogens with one attached hydrogen (secondary N) is 1. The summed E-state index contributed by atoms with van der Waals surface area (Å²) in [7, 11) is 3.91. The molecule has 0 aliphatic carbocycles. The Bertz CT molecular complexity index is 464. The van der Waals surface area contributed by atoms with E-state index in [2.05, 4.69) is 45.7 Å². The summed E-state index contributed by atoms with van der Waals surface area (Å²) in [5, 5.41) is 7.43. The van der Waals surface area contributed by atoms with Crippen molar-refractivity contribution in [2.75, 3.05) is 7.05 Å². The molecule has 96 valence electrons.